The van der Waals surface area contributed by atoms with E-state index in [-0.39, 0.29) is 5.02 Å². The van der Waals surface area contributed by atoms with Gasteiger partial charge in [0.25, 0.3) is 5.78 Å². The molecule has 1 rings (SSSR count). The van der Waals surface area contributed by atoms with Crippen LogP contribution in [0.1, 0.15) is 10.9 Å². The lowest BCUT2D eigenvalue weighted by atomic mass is 10.1. The molecule has 6 heteroatoms. The Morgan fingerprint density at radius 1 is 1.25 bits per heavy atom. The van der Waals surface area contributed by atoms with Crippen LogP contribution in [0.5, 0.6) is 0 Å². The molecule has 0 heterocycles. The van der Waals surface area contributed by atoms with E-state index >= 15 is 0 Å². The third kappa shape index (κ3) is 2.88. The van der Waals surface area contributed by atoms with Gasteiger partial charge >= 0.3 is 5.97 Å². The fraction of sp³-hybridized carbons (Fsp3) is 0.200. The number of rotatable bonds is 3. The highest BCUT2D eigenvalue weighted by Gasteiger charge is 2.25. The maximum absolute atomic E-state index is 11.4. The summed E-state index contributed by atoms with van der Waals surface area (Å²) in [6.07, 6.45) is 0. The monoisotopic (exact) mass is 280 g/mol. The van der Waals surface area contributed by atoms with Crippen molar-refractivity contribution >= 4 is 46.6 Å². The SMILES string of the molecule is COC(=O)C(=O)C(Cl)c1ccc(Cl)c(Cl)c1. The molecule has 0 spiro atoms. The predicted octanol–water partition coefficient (Wildman–Crippen LogP) is 3.02. The molecule has 0 fully saturated rings. The van der Waals surface area contributed by atoms with Gasteiger partial charge in [-0.15, -0.1) is 11.6 Å². The van der Waals surface area contributed by atoms with Gasteiger partial charge in [-0.3, -0.25) is 4.79 Å². The van der Waals surface area contributed by atoms with Crippen molar-refractivity contribution in [3.05, 3.63) is 33.8 Å². The van der Waals surface area contributed by atoms with Gasteiger partial charge in [0.1, 0.15) is 5.38 Å². The maximum Gasteiger partial charge on any atom is 0.376 e. The zero-order valence-electron chi connectivity index (χ0n) is 8.17. The molecule has 16 heavy (non-hydrogen) atoms. The number of esters is 1. The summed E-state index contributed by atoms with van der Waals surface area (Å²) in [6.45, 7) is 0. The van der Waals surface area contributed by atoms with Crippen molar-refractivity contribution in [2.24, 2.45) is 0 Å². The molecule has 1 atom stereocenters. The van der Waals surface area contributed by atoms with Crippen LogP contribution in [0.3, 0.4) is 0 Å². The van der Waals surface area contributed by atoms with Gasteiger partial charge in [-0.05, 0) is 17.7 Å². The van der Waals surface area contributed by atoms with Crippen LogP contribution >= 0.6 is 34.8 Å². The first-order valence-electron chi connectivity index (χ1n) is 4.18. The van der Waals surface area contributed by atoms with Gasteiger partial charge in [-0.1, -0.05) is 29.3 Å². The van der Waals surface area contributed by atoms with Crippen molar-refractivity contribution in [1.82, 2.24) is 0 Å². The number of alkyl halides is 1. The summed E-state index contributed by atoms with van der Waals surface area (Å²) in [5.41, 5.74) is 0.395. The van der Waals surface area contributed by atoms with Gasteiger partial charge in [0.05, 0.1) is 17.2 Å². The highest BCUT2D eigenvalue weighted by Crippen LogP contribution is 2.29. The van der Waals surface area contributed by atoms with Crippen molar-refractivity contribution in [1.29, 1.82) is 0 Å². The lowest BCUT2D eigenvalue weighted by molar-refractivity contribution is -0.151. The van der Waals surface area contributed by atoms with Crippen LogP contribution in [-0.4, -0.2) is 18.9 Å². The number of hydrogen-bond donors (Lipinski definition) is 0. The standard InChI is InChI=1S/C10H7Cl3O3/c1-16-10(15)9(14)8(13)5-2-3-6(11)7(12)4-5/h2-4,8H,1H3. The maximum atomic E-state index is 11.4. The number of methoxy groups -OCH3 is 1. The number of ether oxygens (including phenoxy) is 1. The van der Waals surface area contributed by atoms with Crippen molar-refractivity contribution in [2.75, 3.05) is 7.11 Å². The van der Waals surface area contributed by atoms with E-state index < -0.39 is 17.1 Å². The number of carbonyl (C=O) groups excluding carboxylic acids is 2. The van der Waals surface area contributed by atoms with Crippen LogP contribution in [0.2, 0.25) is 10.0 Å². The normalized spacial score (nSPS) is 12.0. The van der Waals surface area contributed by atoms with E-state index in [4.69, 9.17) is 34.8 Å². The van der Waals surface area contributed by atoms with Crippen LogP contribution < -0.4 is 0 Å². The van der Waals surface area contributed by atoms with Crippen molar-refractivity contribution < 1.29 is 14.3 Å². The lowest BCUT2D eigenvalue weighted by Gasteiger charge is -2.08. The largest absolute Gasteiger partial charge is 0.463 e. The fourth-order valence-electron chi connectivity index (χ4n) is 1.03. The summed E-state index contributed by atoms with van der Waals surface area (Å²) in [5.74, 6) is -1.84. The number of hydrogen-bond acceptors (Lipinski definition) is 3. The zero-order valence-corrected chi connectivity index (χ0v) is 10.4. The third-order valence-electron chi connectivity index (χ3n) is 1.85. The molecule has 86 valence electrons. The number of halogens is 3. The molecule has 0 N–H and O–H groups in total. The van der Waals surface area contributed by atoms with Gasteiger partial charge in [-0.25, -0.2) is 4.79 Å². The Bertz CT molecular complexity index is 431. The average molecular weight is 282 g/mol. The van der Waals surface area contributed by atoms with E-state index in [1.54, 1.807) is 0 Å². The summed E-state index contributed by atoms with van der Waals surface area (Å²) >= 11 is 17.3. The fourth-order valence-corrected chi connectivity index (χ4v) is 1.56. The average Bonchev–Trinajstić information content (AvgIpc) is 2.29. The lowest BCUT2D eigenvalue weighted by Crippen LogP contribution is -2.20. The summed E-state index contributed by atoms with van der Waals surface area (Å²) in [5, 5.41) is -0.510. The minimum absolute atomic E-state index is 0.266. The van der Waals surface area contributed by atoms with Crippen LogP contribution in [0.25, 0.3) is 0 Å². The van der Waals surface area contributed by atoms with E-state index in [2.05, 4.69) is 4.74 Å². The number of Topliss-reactive ketones (excluding diaryl/α,β-unsaturated/α-hetero) is 1. The smallest absolute Gasteiger partial charge is 0.376 e. The molecule has 0 radical (unpaired) electrons. The first-order valence-corrected chi connectivity index (χ1v) is 5.37. The Morgan fingerprint density at radius 3 is 2.38 bits per heavy atom. The molecular weight excluding hydrogens is 274 g/mol. The van der Waals surface area contributed by atoms with E-state index in [1.807, 2.05) is 0 Å². The molecule has 3 nitrogen and oxygen atoms in total. The molecule has 0 amide bonds. The first kappa shape index (κ1) is 13.3. The predicted molar refractivity (Wildman–Crippen MR) is 62.1 cm³/mol. The molecule has 1 aromatic carbocycles. The summed E-state index contributed by atoms with van der Waals surface area (Å²) in [6, 6.07) is 4.45. The van der Waals surface area contributed by atoms with Crippen LogP contribution in [0.4, 0.5) is 0 Å². The van der Waals surface area contributed by atoms with Gasteiger partial charge in [0, 0.05) is 0 Å². The summed E-state index contributed by atoms with van der Waals surface area (Å²) < 4.78 is 4.28. The van der Waals surface area contributed by atoms with Crippen LogP contribution in [0.15, 0.2) is 18.2 Å². The van der Waals surface area contributed by atoms with Crippen molar-refractivity contribution in [3.8, 4) is 0 Å². The van der Waals surface area contributed by atoms with Gasteiger partial charge in [-0.2, -0.15) is 0 Å². The Balaban J connectivity index is 2.96. The van der Waals surface area contributed by atoms with Crippen molar-refractivity contribution in [3.63, 3.8) is 0 Å². The number of benzene rings is 1. The minimum atomic E-state index is -1.12. The van der Waals surface area contributed by atoms with Gasteiger partial charge < -0.3 is 4.74 Å². The Hall–Kier alpha value is -0.770. The highest BCUT2D eigenvalue weighted by atomic mass is 35.5. The molecule has 1 aromatic rings. The van der Waals surface area contributed by atoms with Crippen LogP contribution in [-0.2, 0) is 14.3 Å². The molecule has 0 saturated heterocycles. The van der Waals surface area contributed by atoms with E-state index in [0.29, 0.717) is 10.6 Å². The molecular formula is C10H7Cl3O3. The van der Waals surface area contributed by atoms with E-state index in [9.17, 15) is 9.59 Å². The zero-order chi connectivity index (χ0) is 12.3. The molecule has 0 aliphatic carbocycles. The second-order valence-electron chi connectivity index (χ2n) is 2.89. The van der Waals surface area contributed by atoms with Gasteiger partial charge in [0.2, 0.25) is 0 Å². The molecule has 0 aromatic heterocycles. The minimum Gasteiger partial charge on any atom is -0.463 e. The third-order valence-corrected chi connectivity index (χ3v) is 3.04. The highest BCUT2D eigenvalue weighted by molar-refractivity contribution is 6.47. The van der Waals surface area contributed by atoms with E-state index in [0.717, 1.165) is 7.11 Å². The van der Waals surface area contributed by atoms with E-state index in [1.165, 1.54) is 18.2 Å². The topological polar surface area (TPSA) is 43.4 Å². The molecule has 0 saturated carbocycles. The molecule has 0 aliphatic rings. The second kappa shape index (κ2) is 5.53. The molecule has 1 unspecified atom stereocenters. The Labute approximate surface area is 107 Å². The molecule has 0 bridgehead atoms. The number of ketones is 1. The Morgan fingerprint density at radius 2 is 1.88 bits per heavy atom. The van der Waals surface area contributed by atoms with Crippen molar-refractivity contribution in [2.45, 2.75) is 5.38 Å². The number of carbonyl (C=O) groups is 2. The van der Waals surface area contributed by atoms with Gasteiger partial charge in [0.15, 0.2) is 0 Å². The summed E-state index contributed by atoms with van der Waals surface area (Å²) in [7, 11) is 1.11. The molecule has 0 aliphatic heterocycles. The van der Waals surface area contributed by atoms with Crippen LogP contribution in [0, 0.1) is 0 Å². The Kier molecular flexibility index (Phi) is 4.59. The quantitative estimate of drug-likeness (QED) is 0.486. The summed E-state index contributed by atoms with van der Waals surface area (Å²) in [4.78, 5) is 22.4. The first-order chi connectivity index (χ1) is 7.47. The second-order valence-corrected chi connectivity index (χ2v) is 4.14.